The van der Waals surface area contributed by atoms with E-state index in [4.69, 9.17) is 22.1 Å². The van der Waals surface area contributed by atoms with Gasteiger partial charge in [-0.05, 0) is 6.07 Å². The number of halogens is 2. The minimum absolute atomic E-state index is 0.0113. The van der Waals surface area contributed by atoms with Crippen LogP contribution in [-0.4, -0.2) is 30.5 Å². The number of anilines is 2. The van der Waals surface area contributed by atoms with E-state index in [1.807, 2.05) is 0 Å². The van der Waals surface area contributed by atoms with E-state index in [1.165, 1.54) is 12.1 Å². The molecule has 0 unspecified atom stereocenters. The van der Waals surface area contributed by atoms with Gasteiger partial charge in [0, 0.05) is 38.7 Å². The average Bonchev–Trinajstić information content (AvgIpc) is 2.33. The number of aliphatic hydroxyl groups is 1. The SMILES string of the molecule is Nc1cc(Cl)c(F)cc1NCC1(O)CCOCC1. The number of benzene rings is 1. The van der Waals surface area contributed by atoms with Gasteiger partial charge in [-0.15, -0.1) is 0 Å². The van der Waals surface area contributed by atoms with Crippen molar-refractivity contribution in [1.29, 1.82) is 0 Å². The lowest BCUT2D eigenvalue weighted by molar-refractivity contribution is -0.0543. The van der Waals surface area contributed by atoms with Gasteiger partial charge in [0.25, 0.3) is 0 Å². The summed E-state index contributed by atoms with van der Waals surface area (Å²) >= 11 is 5.61. The Morgan fingerprint density at radius 3 is 2.78 bits per heavy atom. The molecule has 0 atom stereocenters. The van der Waals surface area contributed by atoms with Gasteiger partial charge < -0.3 is 20.9 Å². The first-order valence-corrected chi connectivity index (χ1v) is 6.16. The van der Waals surface area contributed by atoms with Crippen LogP contribution in [0.5, 0.6) is 0 Å². The van der Waals surface area contributed by atoms with E-state index in [9.17, 15) is 9.50 Å². The van der Waals surface area contributed by atoms with Crippen molar-refractivity contribution >= 4 is 23.0 Å². The van der Waals surface area contributed by atoms with E-state index < -0.39 is 11.4 Å². The van der Waals surface area contributed by atoms with Crippen LogP contribution in [0.1, 0.15) is 12.8 Å². The fraction of sp³-hybridized carbons (Fsp3) is 0.500. The molecule has 0 aromatic heterocycles. The molecule has 6 heteroatoms. The Hall–Kier alpha value is -1.04. The molecule has 0 saturated carbocycles. The van der Waals surface area contributed by atoms with Crippen LogP contribution < -0.4 is 11.1 Å². The monoisotopic (exact) mass is 274 g/mol. The summed E-state index contributed by atoms with van der Waals surface area (Å²) in [6.07, 6.45) is 1.10. The number of nitrogen functional groups attached to an aromatic ring is 1. The van der Waals surface area contributed by atoms with Crippen LogP contribution in [0.4, 0.5) is 15.8 Å². The maximum atomic E-state index is 13.3. The lowest BCUT2D eigenvalue weighted by atomic mass is 9.94. The van der Waals surface area contributed by atoms with E-state index in [2.05, 4.69) is 5.32 Å². The van der Waals surface area contributed by atoms with Crippen molar-refractivity contribution in [3.05, 3.63) is 23.0 Å². The Labute approximate surface area is 110 Å². The molecule has 0 radical (unpaired) electrons. The van der Waals surface area contributed by atoms with Crippen LogP contribution >= 0.6 is 11.6 Å². The molecule has 0 aliphatic carbocycles. The van der Waals surface area contributed by atoms with Crippen LogP contribution in [0.15, 0.2) is 12.1 Å². The lowest BCUT2D eigenvalue weighted by Crippen LogP contribution is -2.42. The highest BCUT2D eigenvalue weighted by Crippen LogP contribution is 2.28. The molecule has 1 heterocycles. The van der Waals surface area contributed by atoms with Gasteiger partial charge in [0.05, 0.1) is 22.0 Å². The first kappa shape index (κ1) is 13.4. The highest BCUT2D eigenvalue weighted by atomic mass is 35.5. The second-order valence-corrected chi connectivity index (χ2v) is 4.95. The normalized spacial score (nSPS) is 18.6. The molecule has 4 N–H and O–H groups in total. The van der Waals surface area contributed by atoms with Crippen LogP contribution in [0.2, 0.25) is 5.02 Å². The number of nitrogens with one attached hydrogen (secondary N) is 1. The summed E-state index contributed by atoms with van der Waals surface area (Å²) in [4.78, 5) is 0. The van der Waals surface area contributed by atoms with Gasteiger partial charge in [0.2, 0.25) is 0 Å². The Bertz CT molecular complexity index is 436. The van der Waals surface area contributed by atoms with Crippen LogP contribution in [0.25, 0.3) is 0 Å². The molecule has 0 spiro atoms. The van der Waals surface area contributed by atoms with E-state index in [0.29, 0.717) is 44.0 Å². The number of rotatable bonds is 3. The summed E-state index contributed by atoms with van der Waals surface area (Å²) in [5.41, 5.74) is 5.70. The minimum Gasteiger partial charge on any atom is -0.397 e. The number of hydrogen-bond acceptors (Lipinski definition) is 4. The summed E-state index contributed by atoms with van der Waals surface area (Å²) in [5, 5.41) is 13.2. The third-order valence-electron chi connectivity index (χ3n) is 3.12. The molecule has 1 fully saturated rings. The zero-order valence-electron chi connectivity index (χ0n) is 9.88. The first-order chi connectivity index (χ1) is 8.50. The summed E-state index contributed by atoms with van der Waals surface area (Å²) in [5.74, 6) is -0.535. The largest absolute Gasteiger partial charge is 0.397 e. The molecular weight excluding hydrogens is 259 g/mol. The Morgan fingerprint density at radius 2 is 2.11 bits per heavy atom. The van der Waals surface area contributed by atoms with Gasteiger partial charge >= 0.3 is 0 Å². The standard InChI is InChI=1S/C12H16ClFN2O2/c13-8-5-10(15)11(6-9(8)14)16-7-12(17)1-3-18-4-2-12/h5-6,16-17H,1-4,7,15H2. The zero-order valence-corrected chi connectivity index (χ0v) is 10.6. The Kier molecular flexibility index (Phi) is 3.94. The summed E-state index contributed by atoms with van der Waals surface area (Å²) in [7, 11) is 0. The molecule has 1 aromatic rings. The van der Waals surface area contributed by atoms with E-state index in [0.717, 1.165) is 0 Å². The van der Waals surface area contributed by atoms with Gasteiger partial charge in [0.1, 0.15) is 5.82 Å². The molecule has 1 aliphatic rings. The Morgan fingerprint density at radius 1 is 1.44 bits per heavy atom. The highest BCUT2D eigenvalue weighted by Gasteiger charge is 2.29. The molecule has 100 valence electrons. The average molecular weight is 275 g/mol. The fourth-order valence-corrected chi connectivity index (χ4v) is 2.08. The second kappa shape index (κ2) is 5.30. The number of nitrogens with two attached hydrogens (primary N) is 1. The molecule has 4 nitrogen and oxygen atoms in total. The van der Waals surface area contributed by atoms with Gasteiger partial charge in [-0.2, -0.15) is 0 Å². The summed E-state index contributed by atoms with van der Waals surface area (Å²) in [6.45, 7) is 1.37. The maximum absolute atomic E-state index is 13.3. The van der Waals surface area contributed by atoms with E-state index in [1.54, 1.807) is 0 Å². The number of ether oxygens (including phenoxy) is 1. The predicted octanol–water partition coefficient (Wildman–Crippen LogP) is 2.01. The zero-order chi connectivity index (χ0) is 13.2. The molecule has 0 bridgehead atoms. The molecule has 1 aliphatic heterocycles. The van der Waals surface area contributed by atoms with Gasteiger partial charge in [-0.25, -0.2) is 4.39 Å². The third kappa shape index (κ3) is 3.04. The summed E-state index contributed by atoms with van der Waals surface area (Å²) in [6, 6.07) is 2.59. The van der Waals surface area contributed by atoms with Crippen LogP contribution in [0, 0.1) is 5.82 Å². The maximum Gasteiger partial charge on any atom is 0.143 e. The minimum atomic E-state index is -0.833. The van der Waals surface area contributed by atoms with Crippen molar-refractivity contribution in [1.82, 2.24) is 0 Å². The van der Waals surface area contributed by atoms with Crippen molar-refractivity contribution in [3.63, 3.8) is 0 Å². The predicted molar refractivity (Wildman–Crippen MR) is 69.3 cm³/mol. The molecule has 1 aromatic carbocycles. The third-order valence-corrected chi connectivity index (χ3v) is 3.41. The van der Waals surface area contributed by atoms with Gasteiger partial charge in [0.15, 0.2) is 0 Å². The van der Waals surface area contributed by atoms with Crippen molar-refractivity contribution in [2.45, 2.75) is 18.4 Å². The van der Waals surface area contributed by atoms with E-state index in [-0.39, 0.29) is 5.02 Å². The summed E-state index contributed by atoms with van der Waals surface area (Å²) < 4.78 is 18.5. The smallest absolute Gasteiger partial charge is 0.143 e. The number of hydrogen-bond donors (Lipinski definition) is 3. The molecule has 2 rings (SSSR count). The Balaban J connectivity index is 2.03. The van der Waals surface area contributed by atoms with Gasteiger partial charge in [-0.3, -0.25) is 0 Å². The highest BCUT2D eigenvalue weighted by molar-refractivity contribution is 6.31. The molecule has 1 saturated heterocycles. The fourth-order valence-electron chi connectivity index (χ4n) is 1.90. The van der Waals surface area contributed by atoms with Crippen molar-refractivity contribution in [2.24, 2.45) is 0 Å². The second-order valence-electron chi connectivity index (χ2n) is 4.54. The van der Waals surface area contributed by atoms with Crippen molar-refractivity contribution in [3.8, 4) is 0 Å². The van der Waals surface area contributed by atoms with Crippen molar-refractivity contribution in [2.75, 3.05) is 30.8 Å². The molecule has 18 heavy (non-hydrogen) atoms. The van der Waals surface area contributed by atoms with E-state index >= 15 is 0 Å². The van der Waals surface area contributed by atoms with Crippen molar-refractivity contribution < 1.29 is 14.2 Å². The first-order valence-electron chi connectivity index (χ1n) is 5.79. The van der Waals surface area contributed by atoms with Gasteiger partial charge in [-0.1, -0.05) is 11.6 Å². The topological polar surface area (TPSA) is 67.5 Å². The quantitative estimate of drug-likeness (QED) is 0.738. The van der Waals surface area contributed by atoms with Crippen LogP contribution in [0.3, 0.4) is 0 Å². The van der Waals surface area contributed by atoms with Crippen LogP contribution in [-0.2, 0) is 4.74 Å². The molecular formula is C12H16ClFN2O2. The lowest BCUT2D eigenvalue weighted by Gasteiger charge is -2.32. The molecule has 0 amide bonds.